The van der Waals surface area contributed by atoms with Gasteiger partial charge in [-0.3, -0.25) is 28.9 Å². The van der Waals surface area contributed by atoms with E-state index < -0.39 is 29.0 Å². The summed E-state index contributed by atoms with van der Waals surface area (Å²) in [5, 5.41) is 9.55. The average molecular weight is 745 g/mol. The van der Waals surface area contributed by atoms with E-state index in [2.05, 4.69) is 0 Å². The van der Waals surface area contributed by atoms with E-state index in [0.29, 0.717) is 103 Å². The topological polar surface area (TPSA) is 152 Å². The number of amides is 4. The van der Waals surface area contributed by atoms with Crippen LogP contribution in [0, 0.1) is 0 Å². The molecule has 16 nitrogen and oxygen atoms in total. The Morgan fingerprint density at radius 3 is 1.12 bits per heavy atom. The molecular weight excluding hydrogens is 681 g/mol. The molecular formula is C32H64N8O8Si2. The molecule has 2 rings (SSSR count). The van der Waals surface area contributed by atoms with E-state index in [1.54, 1.807) is 18.9 Å². The molecule has 2 aliphatic heterocycles. The summed E-state index contributed by atoms with van der Waals surface area (Å²) in [5.74, 6) is 0.957. The zero-order valence-corrected chi connectivity index (χ0v) is 34.7. The molecule has 0 saturated heterocycles. The molecule has 18 heteroatoms. The van der Waals surface area contributed by atoms with Crippen LogP contribution in [0.4, 0.5) is 9.59 Å². The van der Waals surface area contributed by atoms with Gasteiger partial charge in [-0.15, -0.1) is 0 Å². The third-order valence-electron chi connectivity index (χ3n) is 7.77. The van der Waals surface area contributed by atoms with Gasteiger partial charge in [0.2, 0.25) is 0 Å². The Morgan fingerprint density at radius 1 is 0.600 bits per heavy atom. The minimum atomic E-state index is -3.54. The van der Waals surface area contributed by atoms with Crippen LogP contribution >= 0.6 is 0 Å². The fourth-order valence-corrected chi connectivity index (χ4v) is 11.2. The molecule has 2 aliphatic rings. The predicted molar refractivity (Wildman–Crippen MR) is 197 cm³/mol. The van der Waals surface area contributed by atoms with Crippen molar-refractivity contribution in [1.82, 2.24) is 18.9 Å². The SMILES string of the molecule is CCCN(C(=O)N1CCN=C1C(C)(C)N=NC(C)(C)C1=NCCN1C(=O)N(CCC)[Si](OCC)(OCC)OCC)[Si](OCC)(OCC)OCC. The summed E-state index contributed by atoms with van der Waals surface area (Å²) in [6.07, 6.45) is 1.36. The van der Waals surface area contributed by atoms with Crippen LogP contribution in [-0.2, 0) is 26.6 Å². The number of hydrogen-bond donors (Lipinski definition) is 0. The highest BCUT2D eigenvalue weighted by Gasteiger charge is 2.55. The highest BCUT2D eigenvalue weighted by molar-refractivity contribution is 6.61. The summed E-state index contributed by atoms with van der Waals surface area (Å²) in [5.41, 5.74) is -2.00. The number of aliphatic imine (C=N–C) groups is 2. The maximum absolute atomic E-state index is 14.3. The lowest BCUT2D eigenvalue weighted by atomic mass is 10.0. The first kappa shape index (κ1) is 43.8. The third-order valence-corrected chi connectivity index (χ3v) is 13.8. The number of hydrogen-bond acceptors (Lipinski definition) is 12. The van der Waals surface area contributed by atoms with Gasteiger partial charge in [0.15, 0.2) is 0 Å². The molecule has 0 radical (unpaired) electrons. The van der Waals surface area contributed by atoms with Crippen LogP contribution in [-0.4, -0.2) is 151 Å². The van der Waals surface area contributed by atoms with Crippen molar-refractivity contribution >= 4 is 41.7 Å². The summed E-state index contributed by atoms with van der Waals surface area (Å²) in [4.78, 5) is 41.4. The lowest BCUT2D eigenvalue weighted by Gasteiger charge is -2.40. The maximum atomic E-state index is 14.3. The van der Waals surface area contributed by atoms with Crippen molar-refractivity contribution < 1.29 is 36.1 Å². The predicted octanol–water partition coefficient (Wildman–Crippen LogP) is 5.18. The molecule has 0 unspecified atom stereocenters. The van der Waals surface area contributed by atoms with E-state index in [0.717, 1.165) is 0 Å². The average Bonchev–Trinajstić information content (AvgIpc) is 3.77. The lowest BCUT2D eigenvalue weighted by molar-refractivity contribution is 0.0233. The molecule has 4 amide bonds. The smallest absolute Gasteiger partial charge is 0.357 e. The van der Waals surface area contributed by atoms with Crippen molar-refractivity contribution in [2.45, 2.75) is 107 Å². The van der Waals surface area contributed by atoms with Crippen molar-refractivity contribution in [3.05, 3.63) is 0 Å². The molecule has 2 heterocycles. The monoisotopic (exact) mass is 744 g/mol. The fraction of sp³-hybridized carbons (Fsp3) is 0.875. The molecule has 0 atom stereocenters. The van der Waals surface area contributed by atoms with Crippen molar-refractivity contribution in [2.75, 3.05) is 78.9 Å². The lowest BCUT2D eigenvalue weighted by Crippen LogP contribution is -2.66. The summed E-state index contributed by atoms with van der Waals surface area (Å²) in [6.45, 7) is 27.0. The van der Waals surface area contributed by atoms with Crippen LogP contribution in [0.3, 0.4) is 0 Å². The molecule has 50 heavy (non-hydrogen) atoms. The van der Waals surface area contributed by atoms with E-state index in [1.165, 1.54) is 0 Å². The largest absolute Gasteiger partial charge is 0.637 e. The summed E-state index contributed by atoms with van der Waals surface area (Å²) in [7, 11) is -7.09. The Morgan fingerprint density at radius 2 is 0.880 bits per heavy atom. The van der Waals surface area contributed by atoms with Gasteiger partial charge in [0.05, 0.1) is 13.1 Å². The van der Waals surface area contributed by atoms with Gasteiger partial charge in [0.25, 0.3) is 0 Å². The minimum absolute atomic E-state index is 0.300. The van der Waals surface area contributed by atoms with Gasteiger partial charge in [-0.2, -0.15) is 10.2 Å². The van der Waals surface area contributed by atoms with Crippen LogP contribution in [0.1, 0.15) is 95.9 Å². The molecule has 0 bridgehead atoms. The third kappa shape index (κ3) is 10.2. The van der Waals surface area contributed by atoms with Crippen molar-refractivity contribution in [3.8, 4) is 0 Å². The van der Waals surface area contributed by atoms with Crippen LogP contribution < -0.4 is 0 Å². The number of carbonyl (C=O) groups is 2. The van der Waals surface area contributed by atoms with Gasteiger partial charge in [-0.05, 0) is 82.1 Å². The number of carbonyl (C=O) groups excluding carboxylic acids is 2. The van der Waals surface area contributed by atoms with Gasteiger partial charge < -0.3 is 26.6 Å². The Labute approximate surface area is 302 Å². The molecule has 0 aliphatic carbocycles. The van der Waals surface area contributed by atoms with Gasteiger partial charge in [-0.25, -0.2) is 9.59 Å². The Bertz CT molecular complexity index is 1070. The van der Waals surface area contributed by atoms with Crippen LogP contribution in [0.25, 0.3) is 0 Å². The maximum Gasteiger partial charge on any atom is 0.637 e. The van der Waals surface area contributed by atoms with Gasteiger partial charge in [0.1, 0.15) is 22.7 Å². The first-order valence-corrected chi connectivity index (χ1v) is 21.6. The second kappa shape index (κ2) is 20.1. The normalized spacial score (nSPS) is 16.0. The van der Waals surface area contributed by atoms with E-state index in [-0.39, 0.29) is 12.1 Å². The van der Waals surface area contributed by atoms with Crippen LogP contribution in [0.5, 0.6) is 0 Å². The molecule has 0 aromatic carbocycles. The molecule has 288 valence electrons. The molecule has 0 N–H and O–H groups in total. The minimum Gasteiger partial charge on any atom is -0.357 e. The number of azo groups is 1. The van der Waals surface area contributed by atoms with Crippen LogP contribution in [0.15, 0.2) is 20.2 Å². The number of urea groups is 2. The Hall–Kier alpha value is -2.33. The van der Waals surface area contributed by atoms with Crippen molar-refractivity contribution in [2.24, 2.45) is 20.2 Å². The van der Waals surface area contributed by atoms with Crippen LogP contribution in [0.2, 0.25) is 0 Å². The van der Waals surface area contributed by atoms with E-state index in [4.69, 9.17) is 46.8 Å². The molecule has 0 fully saturated rings. The zero-order chi connectivity index (χ0) is 37.6. The van der Waals surface area contributed by atoms with Crippen molar-refractivity contribution in [1.29, 1.82) is 0 Å². The quantitative estimate of drug-likeness (QED) is 0.109. The number of amidine groups is 2. The first-order valence-electron chi connectivity index (χ1n) is 18.3. The van der Waals surface area contributed by atoms with Gasteiger partial charge in [0, 0.05) is 65.8 Å². The molecule has 0 aromatic rings. The van der Waals surface area contributed by atoms with E-state index >= 15 is 0 Å². The van der Waals surface area contributed by atoms with Gasteiger partial charge in [-0.1, -0.05) is 13.8 Å². The Kier molecular flexibility index (Phi) is 17.6. The highest BCUT2D eigenvalue weighted by Crippen LogP contribution is 2.29. The fourth-order valence-electron chi connectivity index (χ4n) is 5.90. The van der Waals surface area contributed by atoms with Gasteiger partial charge >= 0.3 is 30.0 Å². The van der Waals surface area contributed by atoms with E-state index in [9.17, 15) is 9.59 Å². The van der Waals surface area contributed by atoms with Crippen molar-refractivity contribution in [3.63, 3.8) is 0 Å². The number of nitrogens with zero attached hydrogens (tertiary/aromatic N) is 8. The zero-order valence-electron chi connectivity index (χ0n) is 32.7. The van der Waals surface area contributed by atoms with E-state index in [1.807, 2.05) is 83.1 Å². The summed E-state index contributed by atoms with van der Waals surface area (Å²) >= 11 is 0. The standard InChI is InChI=1S/C32H64N8O8Si2/c1-13-23-39(49(43-15-3,44-16-4)45-17-5)29(41)37-25-21-33-27(37)31(9,10)35-36-32(11,12)28-34-22-26-38(28)30(42)40(24-14-2)50(46-18-6,47-19-7)48-20-8/h13-26H2,1-12H3. The number of rotatable bonds is 22. The first-order chi connectivity index (χ1) is 23.7. The summed E-state index contributed by atoms with van der Waals surface area (Å²) < 4.78 is 40.0. The second-order valence-corrected chi connectivity index (χ2v) is 17.5. The molecule has 0 aromatic heterocycles. The highest BCUT2D eigenvalue weighted by atomic mass is 28.4. The molecule has 0 saturated carbocycles. The molecule has 0 spiro atoms. The second-order valence-electron chi connectivity index (χ2n) is 12.5. The Balaban J connectivity index is 2.43. The summed E-state index contributed by atoms with van der Waals surface area (Å²) in [6, 6.07) is -0.600.